The molecule has 0 unspecified atom stereocenters. The van der Waals surface area contributed by atoms with Crippen LogP contribution >= 0.6 is 7.92 Å². The summed E-state index contributed by atoms with van der Waals surface area (Å²) >= 11 is 0. The van der Waals surface area contributed by atoms with E-state index in [0.29, 0.717) is 0 Å². The van der Waals surface area contributed by atoms with Crippen molar-refractivity contribution in [3.8, 4) is 17.1 Å². The van der Waals surface area contributed by atoms with Crippen LogP contribution < -0.4 is 15.9 Å². The van der Waals surface area contributed by atoms with E-state index in [1.54, 1.807) is 0 Å². The molecule has 3 heterocycles. The van der Waals surface area contributed by atoms with Gasteiger partial charge in [0.2, 0.25) is 0 Å². The molecular formula is C27H9F12N6P. The normalized spacial score (nSPS) is 11.7. The number of hydrogen-bond donors (Lipinski definition) is 0. The van der Waals surface area contributed by atoms with Gasteiger partial charge in [0.1, 0.15) is 17.1 Å². The third kappa shape index (κ3) is 4.46. The van der Waals surface area contributed by atoms with Gasteiger partial charge in [-0.3, -0.25) is 0 Å². The SMILES string of the molecule is Fc1c(F)c(P(c2c(F)c(F)c(-n3cccn3)c(F)c2F)c2c(F)c(F)c(-n3cccn3)c(F)c2F)c(F)c(F)c1-n1cccn1. The number of halogens is 12. The summed E-state index contributed by atoms with van der Waals surface area (Å²) in [6.07, 6.45) is 5.18. The lowest BCUT2D eigenvalue weighted by atomic mass is 10.2. The summed E-state index contributed by atoms with van der Waals surface area (Å²) in [5.74, 6) is -29.8. The molecule has 0 fully saturated rings. The van der Waals surface area contributed by atoms with E-state index in [1.165, 1.54) is 0 Å². The van der Waals surface area contributed by atoms with Crippen LogP contribution in [-0.2, 0) is 0 Å². The topological polar surface area (TPSA) is 53.5 Å². The molecule has 0 saturated carbocycles. The van der Waals surface area contributed by atoms with Crippen LogP contribution in [0.2, 0.25) is 0 Å². The lowest BCUT2D eigenvalue weighted by Crippen LogP contribution is -2.36. The largest absolute Gasteiger partial charge is 0.235 e. The maximum atomic E-state index is 15.8. The Morgan fingerprint density at radius 1 is 0.348 bits per heavy atom. The standard InChI is InChI=1S/C27H9F12N6P/c28-10-16(34)25(17(35)11(29)22(10)43-7-1-4-40-43)46(26-18(36)12(30)23(13(31)19(26)37)44-8-2-5-41-44)27-20(38)14(32)24(15(33)21(27)39)45-9-3-6-42-45/h1-9H. The predicted molar refractivity (Wildman–Crippen MR) is 136 cm³/mol. The number of aromatic nitrogens is 6. The van der Waals surface area contributed by atoms with Crippen molar-refractivity contribution in [2.24, 2.45) is 0 Å². The van der Waals surface area contributed by atoms with Crippen molar-refractivity contribution >= 4 is 23.8 Å². The van der Waals surface area contributed by atoms with Crippen molar-refractivity contribution < 1.29 is 52.7 Å². The van der Waals surface area contributed by atoms with Gasteiger partial charge in [0.05, 0.1) is 15.9 Å². The Balaban J connectivity index is 1.76. The molecule has 3 aromatic heterocycles. The Kier molecular flexibility index (Phi) is 7.62. The summed E-state index contributed by atoms with van der Waals surface area (Å²) in [5, 5.41) is 3.45. The number of rotatable bonds is 6. The lowest BCUT2D eigenvalue weighted by Gasteiger charge is -2.25. The summed E-state index contributed by atoms with van der Waals surface area (Å²) in [6, 6.07) is 3.18. The fraction of sp³-hybridized carbons (Fsp3) is 0. The first-order valence-corrected chi connectivity index (χ1v) is 13.6. The maximum absolute atomic E-state index is 15.8. The molecule has 46 heavy (non-hydrogen) atoms. The first kappa shape index (κ1) is 30.9. The predicted octanol–water partition coefficient (Wildman–Crippen LogP) is 5.67. The molecule has 0 bridgehead atoms. The highest BCUT2D eigenvalue weighted by molar-refractivity contribution is 7.79. The van der Waals surface area contributed by atoms with E-state index in [9.17, 15) is 0 Å². The van der Waals surface area contributed by atoms with E-state index in [0.717, 1.165) is 55.4 Å². The first-order chi connectivity index (χ1) is 21.9. The van der Waals surface area contributed by atoms with Gasteiger partial charge >= 0.3 is 0 Å². The lowest BCUT2D eigenvalue weighted by molar-refractivity contribution is 0.448. The summed E-state index contributed by atoms with van der Waals surface area (Å²) < 4.78 is 187. The summed E-state index contributed by atoms with van der Waals surface area (Å²) in [6.45, 7) is 0. The molecule has 0 aliphatic rings. The molecule has 19 heteroatoms. The van der Waals surface area contributed by atoms with Crippen molar-refractivity contribution in [1.29, 1.82) is 0 Å². The maximum Gasteiger partial charge on any atom is 0.188 e. The zero-order valence-electron chi connectivity index (χ0n) is 21.9. The van der Waals surface area contributed by atoms with Gasteiger partial charge < -0.3 is 0 Å². The van der Waals surface area contributed by atoms with E-state index in [2.05, 4.69) is 15.3 Å². The molecule has 6 nitrogen and oxygen atoms in total. The Morgan fingerprint density at radius 2 is 0.565 bits per heavy atom. The van der Waals surface area contributed by atoms with Crippen molar-refractivity contribution in [2.75, 3.05) is 0 Å². The molecule has 3 aromatic carbocycles. The van der Waals surface area contributed by atoms with Gasteiger partial charge in [-0.25, -0.2) is 66.7 Å². The highest BCUT2D eigenvalue weighted by Gasteiger charge is 2.43. The van der Waals surface area contributed by atoms with E-state index in [4.69, 9.17) is 0 Å². The second-order valence-electron chi connectivity index (χ2n) is 9.05. The van der Waals surface area contributed by atoms with Crippen LogP contribution in [-0.4, -0.2) is 29.3 Å². The fourth-order valence-corrected chi connectivity index (χ4v) is 6.99. The summed E-state index contributed by atoms with van der Waals surface area (Å²) in [5.41, 5.74) is -4.71. The molecule has 0 aliphatic heterocycles. The van der Waals surface area contributed by atoms with Crippen LogP contribution in [0.25, 0.3) is 17.1 Å². The molecule has 0 amide bonds. The highest BCUT2D eigenvalue weighted by Crippen LogP contribution is 2.43. The minimum absolute atomic E-state index is 0.266. The minimum atomic E-state index is -4.66. The zero-order valence-corrected chi connectivity index (χ0v) is 22.8. The summed E-state index contributed by atoms with van der Waals surface area (Å²) in [7, 11) is -4.66. The Hall–Kier alpha value is -5.12. The molecule has 6 rings (SSSR count). The van der Waals surface area contributed by atoms with Gasteiger partial charge in [-0.1, -0.05) is 0 Å². The smallest absolute Gasteiger partial charge is 0.188 e. The summed E-state index contributed by atoms with van der Waals surface area (Å²) in [4.78, 5) is 0. The van der Waals surface area contributed by atoms with Crippen molar-refractivity contribution in [3.05, 3.63) is 125 Å². The van der Waals surface area contributed by atoms with Gasteiger partial charge in [-0.2, -0.15) is 15.3 Å². The van der Waals surface area contributed by atoms with Gasteiger partial charge in [-0.15, -0.1) is 0 Å². The third-order valence-corrected chi connectivity index (χ3v) is 9.04. The third-order valence-electron chi connectivity index (χ3n) is 6.52. The highest BCUT2D eigenvalue weighted by atomic mass is 31.1. The molecule has 0 aliphatic carbocycles. The average molecular weight is 676 g/mol. The van der Waals surface area contributed by atoms with Crippen LogP contribution in [0.15, 0.2) is 55.4 Å². The molecule has 236 valence electrons. The van der Waals surface area contributed by atoms with Gasteiger partial charge in [0.25, 0.3) is 0 Å². The van der Waals surface area contributed by atoms with Gasteiger partial charge in [0, 0.05) is 45.1 Å². The molecule has 0 spiro atoms. The van der Waals surface area contributed by atoms with Crippen LogP contribution in [0.4, 0.5) is 52.7 Å². The van der Waals surface area contributed by atoms with Crippen LogP contribution in [0.5, 0.6) is 0 Å². The van der Waals surface area contributed by atoms with Gasteiger partial charge in [0.15, 0.2) is 69.8 Å². The van der Waals surface area contributed by atoms with Crippen LogP contribution in [0.1, 0.15) is 0 Å². The molecule has 6 aromatic rings. The zero-order chi connectivity index (χ0) is 33.2. The van der Waals surface area contributed by atoms with Crippen molar-refractivity contribution in [1.82, 2.24) is 29.3 Å². The van der Waals surface area contributed by atoms with Crippen molar-refractivity contribution in [3.63, 3.8) is 0 Å². The molecule has 0 atom stereocenters. The Morgan fingerprint density at radius 3 is 0.739 bits per heavy atom. The minimum Gasteiger partial charge on any atom is -0.235 e. The van der Waals surface area contributed by atoms with Crippen LogP contribution in [0.3, 0.4) is 0 Å². The van der Waals surface area contributed by atoms with E-state index >= 15 is 52.7 Å². The molecular weight excluding hydrogens is 667 g/mol. The Labute approximate surface area is 248 Å². The van der Waals surface area contributed by atoms with Crippen LogP contribution in [0, 0.1) is 69.8 Å². The number of benzene rings is 3. The average Bonchev–Trinajstić information content (AvgIpc) is 3.84. The Bertz CT molecular complexity index is 1810. The fourth-order valence-electron chi connectivity index (χ4n) is 4.56. The molecule has 0 N–H and O–H groups in total. The van der Waals surface area contributed by atoms with Crippen molar-refractivity contribution in [2.45, 2.75) is 0 Å². The van der Waals surface area contributed by atoms with E-state index in [1.807, 2.05) is 0 Å². The second-order valence-corrected chi connectivity index (χ2v) is 11.1. The quantitative estimate of drug-likeness (QED) is 0.130. The number of hydrogen-bond acceptors (Lipinski definition) is 3. The second kappa shape index (κ2) is 11.3. The molecule has 0 radical (unpaired) electrons. The van der Waals surface area contributed by atoms with Gasteiger partial charge in [-0.05, 0) is 18.2 Å². The number of nitrogens with zero attached hydrogens (tertiary/aromatic N) is 6. The van der Waals surface area contributed by atoms with E-state index < -0.39 is 111 Å². The first-order valence-electron chi connectivity index (χ1n) is 12.3. The monoisotopic (exact) mass is 676 g/mol. The van der Waals surface area contributed by atoms with E-state index in [-0.39, 0.29) is 14.0 Å². The molecule has 0 saturated heterocycles.